The minimum atomic E-state index is -0.303. The first-order valence-corrected chi connectivity index (χ1v) is 13.0. The fraction of sp³-hybridized carbons (Fsp3) is 0.414. The van der Waals surface area contributed by atoms with Gasteiger partial charge < -0.3 is 19.1 Å². The van der Waals surface area contributed by atoms with Crippen molar-refractivity contribution in [2.24, 2.45) is 7.05 Å². The number of carbonyl (C=O) groups is 1. The van der Waals surface area contributed by atoms with Gasteiger partial charge in [-0.2, -0.15) is 0 Å². The van der Waals surface area contributed by atoms with E-state index in [4.69, 9.17) is 9.72 Å². The molecule has 4 aromatic rings. The summed E-state index contributed by atoms with van der Waals surface area (Å²) in [5.74, 6) is -0.303. The fourth-order valence-electron chi connectivity index (χ4n) is 5.26. The van der Waals surface area contributed by atoms with Crippen LogP contribution >= 0.6 is 0 Å². The third-order valence-corrected chi connectivity index (χ3v) is 7.24. The Labute approximate surface area is 212 Å². The fourth-order valence-corrected chi connectivity index (χ4v) is 5.26. The van der Waals surface area contributed by atoms with Crippen LogP contribution in [0.1, 0.15) is 43.1 Å². The number of hydrogen-bond acceptors (Lipinski definition) is 6. The molecule has 0 amide bonds. The van der Waals surface area contributed by atoms with Crippen LogP contribution in [0.25, 0.3) is 33.1 Å². The van der Waals surface area contributed by atoms with Gasteiger partial charge in [-0.15, -0.1) is 0 Å². The van der Waals surface area contributed by atoms with Gasteiger partial charge in [-0.1, -0.05) is 12.5 Å². The van der Waals surface area contributed by atoms with Crippen molar-refractivity contribution in [3.8, 4) is 11.3 Å². The van der Waals surface area contributed by atoms with Crippen LogP contribution in [0, 0.1) is 0 Å². The minimum Gasteiger partial charge on any atom is -0.461 e. The number of nitrogens with zero attached hydrogens (tertiary/aromatic N) is 5. The molecule has 0 radical (unpaired) electrons. The van der Waals surface area contributed by atoms with E-state index >= 15 is 0 Å². The summed E-state index contributed by atoms with van der Waals surface area (Å²) in [5, 5.41) is 2.05. The Morgan fingerprint density at radius 2 is 1.94 bits per heavy atom. The molecule has 0 bridgehead atoms. The van der Waals surface area contributed by atoms with Crippen molar-refractivity contribution in [3.63, 3.8) is 0 Å². The number of pyridine rings is 2. The van der Waals surface area contributed by atoms with E-state index in [0.29, 0.717) is 12.3 Å². The number of fused-ring (bicyclic) bond motifs is 2. The van der Waals surface area contributed by atoms with E-state index in [1.807, 2.05) is 42.9 Å². The summed E-state index contributed by atoms with van der Waals surface area (Å²) in [4.78, 5) is 26.6. The number of esters is 1. The van der Waals surface area contributed by atoms with Crippen molar-refractivity contribution in [1.29, 1.82) is 0 Å². The average Bonchev–Trinajstić information content (AvgIpc) is 3.24. The lowest BCUT2D eigenvalue weighted by Crippen LogP contribution is -2.32. The van der Waals surface area contributed by atoms with Crippen LogP contribution in [0.4, 0.5) is 5.69 Å². The highest BCUT2D eigenvalue weighted by molar-refractivity contribution is 5.98. The Morgan fingerprint density at radius 3 is 2.75 bits per heavy atom. The molecule has 7 heteroatoms. The summed E-state index contributed by atoms with van der Waals surface area (Å²) in [7, 11) is 4.06. The highest BCUT2D eigenvalue weighted by Crippen LogP contribution is 2.32. The van der Waals surface area contributed by atoms with Gasteiger partial charge >= 0.3 is 5.97 Å². The van der Waals surface area contributed by atoms with E-state index in [9.17, 15) is 4.79 Å². The number of hydrogen-bond donors (Lipinski definition) is 0. The number of ether oxygens (including phenoxy) is 1. The first-order valence-electron chi connectivity index (χ1n) is 13.0. The van der Waals surface area contributed by atoms with Gasteiger partial charge in [0.05, 0.1) is 17.8 Å². The largest absolute Gasteiger partial charge is 0.461 e. The zero-order chi connectivity index (χ0) is 25.1. The second-order valence-electron chi connectivity index (χ2n) is 9.68. The maximum atomic E-state index is 12.4. The van der Waals surface area contributed by atoms with Crippen LogP contribution in [0.3, 0.4) is 0 Å². The molecule has 1 saturated heterocycles. The summed E-state index contributed by atoms with van der Waals surface area (Å²) in [5.41, 5.74) is 5.54. The third-order valence-electron chi connectivity index (χ3n) is 7.24. The lowest BCUT2D eigenvalue weighted by Gasteiger charge is -2.28. The van der Waals surface area contributed by atoms with Crippen molar-refractivity contribution in [1.82, 2.24) is 19.4 Å². The molecule has 7 nitrogen and oxygen atoms in total. The predicted molar refractivity (Wildman–Crippen MR) is 146 cm³/mol. The van der Waals surface area contributed by atoms with Crippen molar-refractivity contribution >= 4 is 33.5 Å². The van der Waals surface area contributed by atoms with Crippen LogP contribution in [0.5, 0.6) is 0 Å². The number of aryl methyl sites for hydroxylation is 1. The third kappa shape index (κ3) is 4.93. The molecule has 1 aliphatic heterocycles. The van der Waals surface area contributed by atoms with E-state index in [1.165, 1.54) is 32.4 Å². The Morgan fingerprint density at radius 1 is 1.11 bits per heavy atom. The lowest BCUT2D eigenvalue weighted by molar-refractivity contribution is 0.0516. The molecule has 0 aliphatic carbocycles. The van der Waals surface area contributed by atoms with Gasteiger partial charge in [0.15, 0.2) is 0 Å². The molecule has 1 fully saturated rings. The summed E-state index contributed by atoms with van der Waals surface area (Å²) in [6.45, 7) is 6.76. The maximum Gasteiger partial charge on any atom is 0.354 e. The van der Waals surface area contributed by atoms with Gasteiger partial charge in [-0.3, -0.25) is 4.98 Å². The first-order chi connectivity index (χ1) is 17.5. The SMILES string of the molecule is CCOC(=O)c1cc2cc(-c3cc(N(C)CCCN4CCCCC4)c4cnccc4n3)ccc2n1C. The van der Waals surface area contributed by atoms with Crippen LogP contribution in [0.2, 0.25) is 0 Å². The Kier molecular flexibility index (Phi) is 7.18. The van der Waals surface area contributed by atoms with Crippen molar-refractivity contribution in [2.45, 2.75) is 32.6 Å². The number of likely N-dealkylation sites (tertiary alicyclic amines) is 1. The molecular weight excluding hydrogens is 450 g/mol. The molecule has 5 rings (SSSR count). The molecule has 3 aromatic heterocycles. The smallest absolute Gasteiger partial charge is 0.354 e. The summed E-state index contributed by atoms with van der Waals surface area (Å²) >= 11 is 0. The van der Waals surface area contributed by atoms with Gasteiger partial charge in [0.2, 0.25) is 0 Å². The second kappa shape index (κ2) is 10.7. The number of piperidine rings is 1. The summed E-state index contributed by atoms with van der Waals surface area (Å²) in [6.07, 6.45) is 8.86. The van der Waals surface area contributed by atoms with Crippen LogP contribution in [-0.4, -0.2) is 65.2 Å². The van der Waals surface area contributed by atoms with Gasteiger partial charge in [-0.05, 0) is 76.2 Å². The second-order valence-corrected chi connectivity index (χ2v) is 9.68. The molecule has 0 spiro atoms. The topological polar surface area (TPSA) is 63.5 Å². The molecule has 1 aliphatic rings. The molecule has 1 aromatic carbocycles. The zero-order valence-electron chi connectivity index (χ0n) is 21.5. The van der Waals surface area contributed by atoms with Crippen LogP contribution < -0.4 is 4.90 Å². The normalized spacial score (nSPS) is 14.4. The average molecular weight is 486 g/mol. The molecule has 36 heavy (non-hydrogen) atoms. The van der Waals surface area contributed by atoms with Crippen molar-refractivity contribution < 1.29 is 9.53 Å². The predicted octanol–water partition coefficient (Wildman–Crippen LogP) is 5.28. The number of rotatable bonds is 8. The first kappa shape index (κ1) is 24.3. The number of benzene rings is 1. The molecule has 0 saturated carbocycles. The maximum absolute atomic E-state index is 12.4. The van der Waals surface area contributed by atoms with E-state index in [0.717, 1.165) is 58.3 Å². The molecule has 4 heterocycles. The van der Waals surface area contributed by atoms with Gasteiger partial charge in [0, 0.05) is 60.6 Å². The highest BCUT2D eigenvalue weighted by atomic mass is 16.5. The lowest BCUT2D eigenvalue weighted by atomic mass is 10.1. The molecule has 188 valence electrons. The van der Waals surface area contributed by atoms with E-state index in [2.05, 4.69) is 40.0 Å². The van der Waals surface area contributed by atoms with Crippen molar-refractivity contribution in [2.75, 3.05) is 44.7 Å². The monoisotopic (exact) mass is 485 g/mol. The van der Waals surface area contributed by atoms with Gasteiger partial charge in [0.25, 0.3) is 0 Å². The number of anilines is 1. The van der Waals surface area contributed by atoms with E-state index in [1.54, 1.807) is 6.20 Å². The molecule has 0 unspecified atom stereocenters. The Hall–Kier alpha value is -3.45. The summed E-state index contributed by atoms with van der Waals surface area (Å²) in [6, 6.07) is 12.3. The Balaban J connectivity index is 1.44. The number of aromatic nitrogens is 3. The molecular formula is C29H35N5O2. The quantitative estimate of drug-likeness (QED) is 0.317. The van der Waals surface area contributed by atoms with Gasteiger partial charge in [-0.25, -0.2) is 9.78 Å². The van der Waals surface area contributed by atoms with Gasteiger partial charge in [0.1, 0.15) is 5.69 Å². The Bertz CT molecular complexity index is 1370. The number of carbonyl (C=O) groups excluding carboxylic acids is 1. The van der Waals surface area contributed by atoms with E-state index in [-0.39, 0.29) is 5.97 Å². The van der Waals surface area contributed by atoms with E-state index < -0.39 is 0 Å². The summed E-state index contributed by atoms with van der Waals surface area (Å²) < 4.78 is 7.11. The molecule has 0 atom stereocenters. The zero-order valence-corrected chi connectivity index (χ0v) is 21.5. The standard InChI is InChI=1S/C29H35N5O2/c1-4-36-29(35)28-18-22-17-21(9-10-26(22)33(28)3)25-19-27(23-20-30-12-11-24(23)31-25)32(2)13-8-16-34-14-6-5-7-15-34/h9-12,17-20H,4-8,13-16H2,1-3H3. The van der Waals surface area contributed by atoms with Crippen LogP contribution in [-0.2, 0) is 11.8 Å². The minimum absolute atomic E-state index is 0.303. The highest BCUT2D eigenvalue weighted by Gasteiger charge is 2.17. The van der Waals surface area contributed by atoms with Crippen molar-refractivity contribution in [3.05, 3.63) is 54.5 Å². The molecule has 0 N–H and O–H groups in total. The van der Waals surface area contributed by atoms with Crippen LogP contribution in [0.15, 0.2) is 48.8 Å².